The number of benzene rings is 1. The number of hydrogen-bond acceptors (Lipinski definition) is 2. The average Bonchev–Trinajstić information content (AvgIpc) is 2.12. The van der Waals surface area contributed by atoms with Gasteiger partial charge in [0.1, 0.15) is 5.15 Å². The molecular weight excluding hydrogens is 266 g/mol. The first-order valence-corrected chi connectivity index (χ1v) is 5.07. The molecule has 0 bridgehead atoms. The summed E-state index contributed by atoms with van der Waals surface area (Å²) in [5, 5.41) is 1.68. The van der Waals surface area contributed by atoms with E-state index in [-0.39, 0.29) is 10.4 Å². The van der Waals surface area contributed by atoms with E-state index < -0.39 is 0 Å². The maximum Gasteiger partial charge on any atom is 0.224 e. The van der Waals surface area contributed by atoms with Crippen LogP contribution in [-0.4, -0.2) is 9.97 Å². The molecule has 2 aromatic rings. The molecule has 0 aliphatic heterocycles. The van der Waals surface area contributed by atoms with E-state index in [1.807, 2.05) is 0 Å². The Balaban J connectivity index is 2.95. The Kier molecular flexibility index (Phi) is 2.71. The zero-order valence-corrected chi connectivity index (χ0v) is 9.58. The first-order chi connectivity index (χ1) is 6.59. The molecule has 0 atom stereocenters. The zero-order chi connectivity index (χ0) is 10.3. The summed E-state index contributed by atoms with van der Waals surface area (Å²) in [5.41, 5.74) is 0.462. The minimum absolute atomic E-state index is 0.0478. The lowest BCUT2D eigenvalue weighted by Crippen LogP contribution is -1.87. The third kappa shape index (κ3) is 1.63. The molecule has 0 spiro atoms. The Hall–Kier alpha value is -0.280. The number of fused-ring (bicyclic) bond motifs is 1. The van der Waals surface area contributed by atoms with Crippen LogP contribution >= 0.6 is 46.4 Å². The number of aromatic nitrogens is 2. The first kappa shape index (κ1) is 10.2. The Morgan fingerprint density at radius 3 is 2.36 bits per heavy atom. The summed E-state index contributed by atoms with van der Waals surface area (Å²) in [6.45, 7) is 0. The molecule has 0 aliphatic rings. The van der Waals surface area contributed by atoms with Crippen molar-refractivity contribution >= 4 is 57.3 Å². The summed E-state index contributed by atoms with van der Waals surface area (Å²) in [7, 11) is 0. The minimum atomic E-state index is 0.0478. The van der Waals surface area contributed by atoms with Crippen LogP contribution in [0.1, 0.15) is 0 Å². The fourth-order valence-corrected chi connectivity index (χ4v) is 1.88. The topological polar surface area (TPSA) is 25.8 Å². The quantitative estimate of drug-likeness (QED) is 0.527. The molecule has 14 heavy (non-hydrogen) atoms. The standard InChI is InChI=1S/C8H2Cl4N2/c9-4-2-1-3-6(5(4)10)13-8(12)14-7(3)11/h1-2H. The maximum atomic E-state index is 5.93. The number of nitrogens with zero attached hydrogens (tertiary/aromatic N) is 2. The third-order valence-corrected chi connectivity index (χ3v) is 2.94. The van der Waals surface area contributed by atoms with E-state index in [0.717, 1.165) is 0 Å². The van der Waals surface area contributed by atoms with E-state index in [1.54, 1.807) is 12.1 Å². The van der Waals surface area contributed by atoms with Crippen molar-refractivity contribution in [2.24, 2.45) is 0 Å². The molecule has 0 amide bonds. The van der Waals surface area contributed by atoms with Gasteiger partial charge in [0.15, 0.2) is 0 Å². The Morgan fingerprint density at radius 1 is 0.929 bits per heavy atom. The van der Waals surface area contributed by atoms with Gasteiger partial charge in [-0.2, -0.15) is 0 Å². The summed E-state index contributed by atoms with van der Waals surface area (Å²) >= 11 is 23.2. The van der Waals surface area contributed by atoms with Crippen LogP contribution in [0.5, 0.6) is 0 Å². The molecule has 0 N–H and O–H groups in total. The van der Waals surface area contributed by atoms with Crippen molar-refractivity contribution in [1.29, 1.82) is 0 Å². The third-order valence-electron chi connectivity index (χ3n) is 1.69. The van der Waals surface area contributed by atoms with Crippen molar-refractivity contribution in [2.75, 3.05) is 0 Å². The fraction of sp³-hybridized carbons (Fsp3) is 0. The van der Waals surface area contributed by atoms with Crippen LogP contribution in [0, 0.1) is 0 Å². The molecule has 0 saturated carbocycles. The predicted molar refractivity (Wildman–Crippen MR) is 59.6 cm³/mol. The smallest absolute Gasteiger partial charge is 0.216 e. The predicted octanol–water partition coefficient (Wildman–Crippen LogP) is 4.24. The minimum Gasteiger partial charge on any atom is -0.216 e. The van der Waals surface area contributed by atoms with E-state index in [2.05, 4.69) is 9.97 Å². The van der Waals surface area contributed by atoms with Crippen LogP contribution in [-0.2, 0) is 0 Å². The zero-order valence-electron chi connectivity index (χ0n) is 6.56. The van der Waals surface area contributed by atoms with Gasteiger partial charge in [0.25, 0.3) is 0 Å². The highest BCUT2D eigenvalue weighted by Crippen LogP contribution is 2.32. The van der Waals surface area contributed by atoms with Gasteiger partial charge in [-0.15, -0.1) is 0 Å². The second-order valence-electron chi connectivity index (χ2n) is 2.54. The molecule has 72 valence electrons. The lowest BCUT2D eigenvalue weighted by molar-refractivity contribution is 1.22. The number of hydrogen-bond donors (Lipinski definition) is 0. The molecule has 0 saturated heterocycles. The highest BCUT2D eigenvalue weighted by atomic mass is 35.5. The fourth-order valence-electron chi connectivity index (χ4n) is 1.07. The largest absolute Gasteiger partial charge is 0.224 e. The van der Waals surface area contributed by atoms with Crippen LogP contribution in [0.3, 0.4) is 0 Å². The van der Waals surface area contributed by atoms with Gasteiger partial charge < -0.3 is 0 Å². The summed E-state index contributed by atoms with van der Waals surface area (Å²) in [6.07, 6.45) is 0. The summed E-state index contributed by atoms with van der Waals surface area (Å²) in [4.78, 5) is 7.74. The second kappa shape index (κ2) is 3.70. The first-order valence-electron chi connectivity index (χ1n) is 3.56. The molecule has 6 heteroatoms. The van der Waals surface area contributed by atoms with Crippen LogP contribution < -0.4 is 0 Å². The number of halogens is 4. The van der Waals surface area contributed by atoms with Crippen LogP contribution in [0.4, 0.5) is 0 Å². The van der Waals surface area contributed by atoms with Crippen molar-refractivity contribution < 1.29 is 0 Å². The highest BCUT2D eigenvalue weighted by Gasteiger charge is 2.10. The molecule has 2 rings (SSSR count). The average molecular weight is 268 g/mol. The highest BCUT2D eigenvalue weighted by molar-refractivity contribution is 6.46. The van der Waals surface area contributed by atoms with Crippen molar-refractivity contribution in [1.82, 2.24) is 9.97 Å². The molecule has 0 radical (unpaired) electrons. The van der Waals surface area contributed by atoms with Crippen molar-refractivity contribution in [3.63, 3.8) is 0 Å². The molecule has 1 heterocycles. The van der Waals surface area contributed by atoms with Gasteiger partial charge in [-0.1, -0.05) is 34.8 Å². The van der Waals surface area contributed by atoms with Gasteiger partial charge in [-0.3, -0.25) is 0 Å². The molecule has 0 unspecified atom stereocenters. The van der Waals surface area contributed by atoms with Gasteiger partial charge in [-0.25, -0.2) is 9.97 Å². The van der Waals surface area contributed by atoms with E-state index in [0.29, 0.717) is 20.9 Å². The van der Waals surface area contributed by atoms with Gasteiger partial charge in [0, 0.05) is 5.39 Å². The molecule has 0 aliphatic carbocycles. The van der Waals surface area contributed by atoms with Crippen molar-refractivity contribution in [3.8, 4) is 0 Å². The molecule has 2 nitrogen and oxygen atoms in total. The molecule has 0 fully saturated rings. The Morgan fingerprint density at radius 2 is 1.64 bits per heavy atom. The van der Waals surface area contributed by atoms with Gasteiger partial charge >= 0.3 is 0 Å². The summed E-state index contributed by atoms with van der Waals surface area (Å²) in [6, 6.07) is 3.33. The normalized spacial score (nSPS) is 10.9. The monoisotopic (exact) mass is 266 g/mol. The van der Waals surface area contributed by atoms with Crippen molar-refractivity contribution in [3.05, 3.63) is 32.6 Å². The number of rotatable bonds is 0. The van der Waals surface area contributed by atoms with Gasteiger partial charge in [0.2, 0.25) is 5.28 Å². The Labute approximate surface area is 99.8 Å². The molecule has 1 aromatic heterocycles. The summed E-state index contributed by atoms with van der Waals surface area (Å²) in [5.74, 6) is 0. The van der Waals surface area contributed by atoms with Crippen LogP contribution in [0.25, 0.3) is 10.9 Å². The van der Waals surface area contributed by atoms with Gasteiger partial charge in [-0.05, 0) is 23.7 Å². The van der Waals surface area contributed by atoms with Gasteiger partial charge in [0.05, 0.1) is 15.6 Å². The van der Waals surface area contributed by atoms with E-state index in [9.17, 15) is 0 Å². The van der Waals surface area contributed by atoms with Crippen LogP contribution in [0.15, 0.2) is 12.1 Å². The van der Waals surface area contributed by atoms with E-state index in [4.69, 9.17) is 46.4 Å². The van der Waals surface area contributed by atoms with Crippen LogP contribution in [0.2, 0.25) is 20.5 Å². The summed E-state index contributed by atoms with van der Waals surface area (Å²) < 4.78 is 0. The van der Waals surface area contributed by atoms with Crippen molar-refractivity contribution in [2.45, 2.75) is 0 Å². The SMILES string of the molecule is Clc1nc(Cl)c2ccc(Cl)c(Cl)c2n1. The van der Waals surface area contributed by atoms with E-state index >= 15 is 0 Å². The molecule has 1 aromatic carbocycles. The maximum absolute atomic E-state index is 5.93. The second-order valence-corrected chi connectivity index (χ2v) is 4.02. The lowest BCUT2D eigenvalue weighted by Gasteiger charge is -2.03. The van der Waals surface area contributed by atoms with E-state index in [1.165, 1.54) is 0 Å². The molecular formula is C8H2Cl4N2. The lowest BCUT2D eigenvalue weighted by atomic mass is 10.2. The Bertz CT molecular complexity index is 512.